The Bertz CT molecular complexity index is 506. The Balaban J connectivity index is 2.19. The van der Waals surface area contributed by atoms with Crippen molar-refractivity contribution in [3.8, 4) is 0 Å². The second kappa shape index (κ2) is 4.99. The molecule has 0 saturated heterocycles. The van der Waals surface area contributed by atoms with Crippen molar-refractivity contribution in [3.63, 3.8) is 0 Å². The minimum atomic E-state index is -1.07. The first-order chi connectivity index (χ1) is 8.61. The molecule has 96 valence electrons. The van der Waals surface area contributed by atoms with E-state index in [1.165, 1.54) is 5.01 Å². The van der Waals surface area contributed by atoms with Crippen LogP contribution in [0.25, 0.3) is 0 Å². The van der Waals surface area contributed by atoms with Crippen LogP contribution in [-0.4, -0.2) is 37.3 Å². The van der Waals surface area contributed by atoms with Crippen molar-refractivity contribution in [1.29, 1.82) is 0 Å². The van der Waals surface area contributed by atoms with Gasteiger partial charge in [-0.05, 0) is 6.92 Å². The molecule has 0 radical (unpaired) electrons. The molecule has 2 heterocycles. The summed E-state index contributed by atoms with van der Waals surface area (Å²) in [5.74, 6) is -1.24. The molecule has 1 N–H and O–H groups in total. The number of hydrogen-bond donors (Lipinski definition) is 1. The molecule has 0 unspecified atom stereocenters. The molecule has 1 aliphatic heterocycles. The quantitative estimate of drug-likeness (QED) is 0.841. The highest BCUT2D eigenvalue weighted by Gasteiger charge is 2.24. The zero-order valence-electron chi connectivity index (χ0n) is 10.0. The number of imidazole rings is 1. The van der Waals surface area contributed by atoms with E-state index < -0.39 is 5.97 Å². The fourth-order valence-electron chi connectivity index (χ4n) is 1.80. The number of aliphatic carboxylic acids is 1. The highest BCUT2D eigenvalue weighted by atomic mass is 16.4. The third-order valence-electron chi connectivity index (χ3n) is 2.80. The van der Waals surface area contributed by atoms with Crippen LogP contribution in [0.5, 0.6) is 0 Å². The summed E-state index contributed by atoms with van der Waals surface area (Å²) >= 11 is 0. The first-order valence-corrected chi connectivity index (χ1v) is 5.72. The molecule has 7 heteroatoms. The Morgan fingerprint density at radius 1 is 1.50 bits per heavy atom. The zero-order valence-corrected chi connectivity index (χ0v) is 10.0. The summed E-state index contributed by atoms with van der Waals surface area (Å²) < 4.78 is 1.89. The maximum Gasteiger partial charge on any atom is 0.352 e. The lowest BCUT2D eigenvalue weighted by atomic mass is 10.1. The lowest BCUT2D eigenvalue weighted by Gasteiger charge is -2.22. The number of amides is 1. The maximum atomic E-state index is 11.7. The van der Waals surface area contributed by atoms with E-state index in [9.17, 15) is 9.59 Å². The number of hydrogen-bond acceptors (Lipinski definition) is 4. The minimum Gasteiger partial charge on any atom is -0.477 e. The van der Waals surface area contributed by atoms with Gasteiger partial charge >= 0.3 is 5.97 Å². The second-order valence-electron chi connectivity index (χ2n) is 3.97. The van der Waals surface area contributed by atoms with Crippen molar-refractivity contribution in [3.05, 3.63) is 18.2 Å². The van der Waals surface area contributed by atoms with Gasteiger partial charge in [0.05, 0.1) is 24.8 Å². The summed E-state index contributed by atoms with van der Waals surface area (Å²) in [5, 5.41) is 14.0. The van der Waals surface area contributed by atoms with Gasteiger partial charge in [-0.25, -0.2) is 14.8 Å². The molecule has 0 saturated carbocycles. The molecule has 1 aromatic rings. The van der Waals surface area contributed by atoms with Gasteiger partial charge in [-0.1, -0.05) is 0 Å². The average molecular weight is 250 g/mol. The largest absolute Gasteiger partial charge is 0.477 e. The van der Waals surface area contributed by atoms with E-state index in [1.54, 1.807) is 12.5 Å². The van der Waals surface area contributed by atoms with Crippen molar-refractivity contribution in [1.82, 2.24) is 14.6 Å². The molecular weight excluding hydrogens is 236 g/mol. The first kappa shape index (κ1) is 12.3. The van der Waals surface area contributed by atoms with Gasteiger partial charge < -0.3 is 9.67 Å². The number of hydrazone groups is 1. The number of aryl methyl sites for hydroxylation is 1. The number of carbonyl (C=O) groups is 2. The smallest absolute Gasteiger partial charge is 0.352 e. The number of nitrogens with zero attached hydrogens (tertiary/aromatic N) is 4. The number of aromatic nitrogens is 2. The predicted octanol–water partition coefficient (Wildman–Crippen LogP) is 0.466. The molecule has 0 fully saturated rings. The highest BCUT2D eigenvalue weighted by Crippen LogP contribution is 2.13. The van der Waals surface area contributed by atoms with Crippen LogP contribution in [0.2, 0.25) is 0 Å². The Kier molecular flexibility index (Phi) is 3.40. The van der Waals surface area contributed by atoms with Gasteiger partial charge in [-0.15, -0.1) is 0 Å². The van der Waals surface area contributed by atoms with Gasteiger partial charge in [0, 0.05) is 19.4 Å². The molecule has 0 aromatic carbocycles. The topological polar surface area (TPSA) is 87.8 Å². The molecule has 1 aliphatic rings. The fourth-order valence-corrected chi connectivity index (χ4v) is 1.80. The van der Waals surface area contributed by atoms with Gasteiger partial charge in [0.2, 0.25) is 5.91 Å². The van der Waals surface area contributed by atoms with E-state index in [-0.39, 0.29) is 31.0 Å². The summed E-state index contributed by atoms with van der Waals surface area (Å²) in [6.07, 6.45) is 3.70. The third-order valence-corrected chi connectivity index (χ3v) is 2.80. The Labute approximate surface area is 104 Å². The zero-order chi connectivity index (χ0) is 13.1. The van der Waals surface area contributed by atoms with Crippen LogP contribution in [0.3, 0.4) is 0 Å². The van der Waals surface area contributed by atoms with Gasteiger partial charge in [-0.2, -0.15) is 5.10 Å². The molecule has 1 amide bonds. The molecule has 0 spiro atoms. The molecule has 1 aromatic heterocycles. The van der Waals surface area contributed by atoms with Crippen molar-refractivity contribution < 1.29 is 14.7 Å². The summed E-state index contributed by atoms with van der Waals surface area (Å²) in [7, 11) is 0. The standard InChI is InChI=1S/C11H14N4O3/c1-2-14-7-12-5-8(14)6-15-10(16)4-3-9(13-15)11(17)18/h5,7H,2-4,6H2,1H3,(H,17,18). The van der Waals surface area contributed by atoms with Crippen LogP contribution < -0.4 is 0 Å². The van der Waals surface area contributed by atoms with Gasteiger partial charge in [0.15, 0.2) is 0 Å². The first-order valence-electron chi connectivity index (χ1n) is 5.72. The van der Waals surface area contributed by atoms with E-state index in [0.29, 0.717) is 0 Å². The van der Waals surface area contributed by atoms with E-state index in [2.05, 4.69) is 10.1 Å². The number of carbonyl (C=O) groups excluding carboxylic acids is 1. The SMILES string of the molecule is CCn1cncc1CN1N=C(C(=O)O)CCC1=O. The van der Waals surface area contributed by atoms with Crippen molar-refractivity contribution in [2.75, 3.05) is 0 Å². The molecule has 0 bridgehead atoms. The molecular formula is C11H14N4O3. The van der Waals surface area contributed by atoms with E-state index in [0.717, 1.165) is 12.2 Å². The van der Waals surface area contributed by atoms with Crippen LogP contribution >= 0.6 is 0 Å². The lowest BCUT2D eigenvalue weighted by molar-refractivity contribution is -0.133. The fraction of sp³-hybridized carbons (Fsp3) is 0.455. The molecule has 18 heavy (non-hydrogen) atoms. The van der Waals surface area contributed by atoms with Crippen molar-refractivity contribution in [2.45, 2.75) is 32.9 Å². The van der Waals surface area contributed by atoms with Crippen LogP contribution in [0.15, 0.2) is 17.6 Å². The molecule has 0 atom stereocenters. The second-order valence-corrected chi connectivity index (χ2v) is 3.97. The number of rotatable bonds is 4. The number of carboxylic acid groups (broad SMARTS) is 1. The Morgan fingerprint density at radius 2 is 2.28 bits per heavy atom. The van der Waals surface area contributed by atoms with Crippen LogP contribution in [0, 0.1) is 0 Å². The highest BCUT2D eigenvalue weighted by molar-refractivity contribution is 6.36. The van der Waals surface area contributed by atoms with Crippen molar-refractivity contribution in [2.24, 2.45) is 5.10 Å². The molecule has 2 rings (SSSR count). The van der Waals surface area contributed by atoms with Gasteiger partial charge in [-0.3, -0.25) is 4.79 Å². The summed E-state index contributed by atoms with van der Waals surface area (Å²) in [5.41, 5.74) is 0.860. The van der Waals surface area contributed by atoms with Crippen molar-refractivity contribution >= 4 is 17.6 Å². The predicted molar refractivity (Wildman–Crippen MR) is 62.8 cm³/mol. The Morgan fingerprint density at radius 3 is 2.94 bits per heavy atom. The third kappa shape index (κ3) is 2.39. The van der Waals surface area contributed by atoms with Crippen LogP contribution in [0.4, 0.5) is 0 Å². The van der Waals surface area contributed by atoms with E-state index in [1.807, 2.05) is 11.5 Å². The molecule has 0 aliphatic carbocycles. The van der Waals surface area contributed by atoms with Crippen LogP contribution in [-0.2, 0) is 22.7 Å². The van der Waals surface area contributed by atoms with E-state index >= 15 is 0 Å². The minimum absolute atomic E-state index is 0.0252. The normalized spacial score (nSPS) is 15.7. The summed E-state index contributed by atoms with van der Waals surface area (Å²) in [6, 6.07) is 0. The van der Waals surface area contributed by atoms with Gasteiger partial charge in [0.1, 0.15) is 5.71 Å². The maximum absolute atomic E-state index is 11.7. The summed E-state index contributed by atoms with van der Waals surface area (Å²) in [6.45, 7) is 2.96. The monoisotopic (exact) mass is 250 g/mol. The molecule has 7 nitrogen and oxygen atoms in total. The lowest BCUT2D eigenvalue weighted by Crippen LogP contribution is -2.34. The average Bonchev–Trinajstić information content (AvgIpc) is 2.79. The summed E-state index contributed by atoms with van der Waals surface area (Å²) in [4.78, 5) is 26.5. The number of carboxylic acids is 1. The van der Waals surface area contributed by atoms with Crippen LogP contribution in [0.1, 0.15) is 25.5 Å². The Hall–Kier alpha value is -2.18. The van der Waals surface area contributed by atoms with Gasteiger partial charge in [0.25, 0.3) is 0 Å². The van der Waals surface area contributed by atoms with E-state index in [4.69, 9.17) is 5.11 Å².